The molecule has 3 heteroatoms. The van der Waals surface area contributed by atoms with Crippen LogP contribution in [0.1, 0.15) is 24.8 Å². The molecule has 0 radical (unpaired) electrons. The standard InChI is InChI=1S/C13H19NO2/c1-10-8-11(5-6-13(10)14)16-9-12-4-2-3-7-15-12/h5-6,8,12H,2-4,7,9,14H2,1H3/t12-/m1/s1. The van der Waals surface area contributed by atoms with Crippen LogP contribution in [0.4, 0.5) is 5.69 Å². The van der Waals surface area contributed by atoms with E-state index in [9.17, 15) is 0 Å². The monoisotopic (exact) mass is 221 g/mol. The minimum atomic E-state index is 0.256. The van der Waals surface area contributed by atoms with E-state index < -0.39 is 0 Å². The Morgan fingerprint density at radius 2 is 2.31 bits per heavy atom. The van der Waals surface area contributed by atoms with Crippen LogP contribution in [0.25, 0.3) is 0 Å². The summed E-state index contributed by atoms with van der Waals surface area (Å²) in [6.45, 7) is 3.50. The van der Waals surface area contributed by atoms with E-state index in [1.807, 2.05) is 25.1 Å². The van der Waals surface area contributed by atoms with Crippen LogP contribution in [0, 0.1) is 6.92 Å². The number of benzene rings is 1. The van der Waals surface area contributed by atoms with Gasteiger partial charge >= 0.3 is 0 Å². The first kappa shape index (κ1) is 11.3. The largest absolute Gasteiger partial charge is 0.491 e. The van der Waals surface area contributed by atoms with E-state index in [0.29, 0.717) is 6.61 Å². The second-order valence-electron chi connectivity index (χ2n) is 4.32. The Labute approximate surface area is 96.5 Å². The van der Waals surface area contributed by atoms with Crippen molar-refractivity contribution >= 4 is 5.69 Å². The molecular weight excluding hydrogens is 202 g/mol. The Kier molecular flexibility index (Phi) is 3.67. The van der Waals surface area contributed by atoms with Crippen molar-refractivity contribution in [2.24, 2.45) is 0 Å². The first-order valence-electron chi connectivity index (χ1n) is 5.86. The fourth-order valence-corrected chi connectivity index (χ4v) is 1.87. The van der Waals surface area contributed by atoms with Crippen LogP contribution in [-0.4, -0.2) is 19.3 Å². The molecule has 1 fully saturated rings. The van der Waals surface area contributed by atoms with Gasteiger partial charge in [-0.25, -0.2) is 0 Å². The van der Waals surface area contributed by atoms with Gasteiger partial charge in [0.25, 0.3) is 0 Å². The van der Waals surface area contributed by atoms with E-state index in [2.05, 4.69) is 0 Å². The highest BCUT2D eigenvalue weighted by Gasteiger charge is 2.14. The molecule has 1 heterocycles. The van der Waals surface area contributed by atoms with Gasteiger partial charge in [-0.3, -0.25) is 0 Å². The number of hydrogen-bond donors (Lipinski definition) is 1. The van der Waals surface area contributed by atoms with Gasteiger partial charge in [0.15, 0.2) is 0 Å². The van der Waals surface area contributed by atoms with Crippen molar-refractivity contribution in [3.8, 4) is 5.75 Å². The van der Waals surface area contributed by atoms with E-state index in [1.54, 1.807) is 0 Å². The first-order chi connectivity index (χ1) is 7.75. The highest BCUT2D eigenvalue weighted by molar-refractivity contribution is 5.49. The minimum absolute atomic E-state index is 0.256. The summed E-state index contributed by atoms with van der Waals surface area (Å²) in [6.07, 6.45) is 3.78. The number of rotatable bonds is 3. The molecule has 2 rings (SSSR count). The lowest BCUT2D eigenvalue weighted by Crippen LogP contribution is -2.25. The van der Waals surface area contributed by atoms with Crippen LogP contribution < -0.4 is 10.5 Å². The molecule has 88 valence electrons. The third kappa shape index (κ3) is 2.89. The molecule has 1 aliphatic rings. The molecule has 1 atom stereocenters. The molecule has 1 aromatic rings. The lowest BCUT2D eigenvalue weighted by atomic mass is 10.1. The molecule has 16 heavy (non-hydrogen) atoms. The number of hydrogen-bond acceptors (Lipinski definition) is 3. The van der Waals surface area contributed by atoms with E-state index in [0.717, 1.165) is 30.0 Å². The Balaban J connectivity index is 1.86. The minimum Gasteiger partial charge on any atom is -0.491 e. The molecule has 0 aromatic heterocycles. The predicted molar refractivity (Wildman–Crippen MR) is 64.7 cm³/mol. The van der Waals surface area contributed by atoms with Crippen molar-refractivity contribution in [2.75, 3.05) is 18.9 Å². The number of nitrogen functional groups attached to an aromatic ring is 1. The first-order valence-corrected chi connectivity index (χ1v) is 5.86. The maximum atomic E-state index is 5.75. The summed E-state index contributed by atoms with van der Waals surface area (Å²) < 4.78 is 11.3. The average Bonchev–Trinajstić information content (AvgIpc) is 2.32. The van der Waals surface area contributed by atoms with Crippen LogP contribution >= 0.6 is 0 Å². The van der Waals surface area contributed by atoms with E-state index in [-0.39, 0.29) is 6.10 Å². The van der Waals surface area contributed by atoms with Gasteiger partial charge in [0.05, 0.1) is 6.10 Å². The molecule has 0 bridgehead atoms. The molecule has 1 aliphatic heterocycles. The van der Waals surface area contributed by atoms with Crippen molar-refractivity contribution in [2.45, 2.75) is 32.3 Å². The molecule has 0 amide bonds. The molecule has 0 saturated carbocycles. The second-order valence-corrected chi connectivity index (χ2v) is 4.32. The fraction of sp³-hybridized carbons (Fsp3) is 0.538. The van der Waals surface area contributed by atoms with Crippen LogP contribution in [0.3, 0.4) is 0 Å². The summed E-state index contributed by atoms with van der Waals surface area (Å²) in [6, 6.07) is 5.76. The van der Waals surface area contributed by atoms with Gasteiger partial charge in [-0.1, -0.05) is 0 Å². The fourth-order valence-electron chi connectivity index (χ4n) is 1.87. The Bertz CT molecular complexity index is 346. The van der Waals surface area contributed by atoms with E-state index >= 15 is 0 Å². The van der Waals surface area contributed by atoms with Crippen LogP contribution in [-0.2, 0) is 4.74 Å². The summed E-state index contributed by atoms with van der Waals surface area (Å²) in [4.78, 5) is 0. The third-order valence-electron chi connectivity index (χ3n) is 2.95. The van der Waals surface area contributed by atoms with Crippen LogP contribution in [0.15, 0.2) is 18.2 Å². The zero-order valence-corrected chi connectivity index (χ0v) is 9.74. The van der Waals surface area contributed by atoms with E-state index in [4.69, 9.17) is 15.2 Å². The molecule has 3 nitrogen and oxygen atoms in total. The van der Waals surface area contributed by atoms with Crippen molar-refractivity contribution in [1.29, 1.82) is 0 Å². The van der Waals surface area contributed by atoms with Crippen molar-refractivity contribution in [3.05, 3.63) is 23.8 Å². The topological polar surface area (TPSA) is 44.5 Å². The Hall–Kier alpha value is -1.22. The van der Waals surface area contributed by atoms with Crippen molar-refractivity contribution in [3.63, 3.8) is 0 Å². The van der Waals surface area contributed by atoms with Gasteiger partial charge in [0.2, 0.25) is 0 Å². The molecule has 1 saturated heterocycles. The van der Waals surface area contributed by atoms with Gasteiger partial charge in [0.1, 0.15) is 12.4 Å². The quantitative estimate of drug-likeness (QED) is 0.798. The predicted octanol–water partition coefficient (Wildman–Crippen LogP) is 2.53. The lowest BCUT2D eigenvalue weighted by Gasteiger charge is -2.22. The molecule has 0 aliphatic carbocycles. The summed E-state index contributed by atoms with van der Waals surface area (Å²) in [5.74, 6) is 0.876. The maximum Gasteiger partial charge on any atom is 0.119 e. The number of anilines is 1. The Morgan fingerprint density at radius 1 is 1.44 bits per heavy atom. The van der Waals surface area contributed by atoms with Crippen LogP contribution in [0.2, 0.25) is 0 Å². The highest BCUT2D eigenvalue weighted by atomic mass is 16.5. The number of nitrogens with two attached hydrogens (primary N) is 1. The van der Waals surface area contributed by atoms with Gasteiger partial charge < -0.3 is 15.2 Å². The van der Waals surface area contributed by atoms with Crippen molar-refractivity contribution in [1.82, 2.24) is 0 Å². The lowest BCUT2D eigenvalue weighted by molar-refractivity contribution is -0.0110. The molecule has 0 unspecified atom stereocenters. The smallest absolute Gasteiger partial charge is 0.119 e. The summed E-state index contributed by atoms with van der Waals surface area (Å²) >= 11 is 0. The molecular formula is C13H19NO2. The second kappa shape index (κ2) is 5.21. The Morgan fingerprint density at radius 3 is 3.00 bits per heavy atom. The summed E-state index contributed by atoms with van der Waals surface area (Å²) in [7, 11) is 0. The summed E-state index contributed by atoms with van der Waals surface area (Å²) in [5.41, 5.74) is 7.61. The van der Waals surface area contributed by atoms with Gasteiger partial charge in [0, 0.05) is 12.3 Å². The van der Waals surface area contributed by atoms with Gasteiger partial charge in [-0.2, -0.15) is 0 Å². The molecule has 2 N–H and O–H groups in total. The third-order valence-corrected chi connectivity index (χ3v) is 2.95. The molecule has 1 aromatic carbocycles. The van der Waals surface area contributed by atoms with Gasteiger partial charge in [-0.15, -0.1) is 0 Å². The maximum absolute atomic E-state index is 5.75. The normalized spacial score (nSPS) is 20.7. The highest BCUT2D eigenvalue weighted by Crippen LogP contribution is 2.20. The average molecular weight is 221 g/mol. The zero-order chi connectivity index (χ0) is 11.4. The number of aryl methyl sites for hydroxylation is 1. The number of ether oxygens (including phenoxy) is 2. The van der Waals surface area contributed by atoms with Gasteiger partial charge in [-0.05, 0) is 49.9 Å². The van der Waals surface area contributed by atoms with E-state index in [1.165, 1.54) is 12.8 Å². The zero-order valence-electron chi connectivity index (χ0n) is 9.74. The SMILES string of the molecule is Cc1cc(OC[C@H]2CCCCO2)ccc1N. The van der Waals surface area contributed by atoms with Crippen molar-refractivity contribution < 1.29 is 9.47 Å². The molecule has 0 spiro atoms. The van der Waals surface area contributed by atoms with Crippen LogP contribution in [0.5, 0.6) is 5.75 Å². The summed E-state index contributed by atoms with van der Waals surface area (Å²) in [5, 5.41) is 0.